The van der Waals surface area contributed by atoms with E-state index in [4.69, 9.17) is 16.3 Å². The van der Waals surface area contributed by atoms with Crippen molar-refractivity contribution < 1.29 is 19.3 Å². The van der Waals surface area contributed by atoms with Crippen molar-refractivity contribution >= 4 is 46.3 Å². The molecule has 160 valence electrons. The van der Waals surface area contributed by atoms with Gasteiger partial charge in [-0.25, -0.2) is 10.5 Å². The average molecular weight is 445 g/mol. The fourth-order valence-electron chi connectivity index (χ4n) is 2.61. The van der Waals surface area contributed by atoms with Gasteiger partial charge in [0, 0.05) is 12.1 Å². The van der Waals surface area contributed by atoms with Crippen LogP contribution in [0.1, 0.15) is 10.4 Å². The summed E-state index contributed by atoms with van der Waals surface area (Å²) in [5, 5.41) is 17.1. The first-order valence-electron chi connectivity index (χ1n) is 8.74. The number of ether oxygens (including phenoxy) is 1. The molecule has 0 atom stereocenters. The number of nitrogens with zero attached hydrogens (tertiary/aromatic N) is 3. The van der Waals surface area contributed by atoms with Gasteiger partial charge >= 0.3 is 0 Å². The lowest BCUT2D eigenvalue weighted by molar-refractivity contribution is -0.384. The quantitative estimate of drug-likeness (QED) is 0.349. The average Bonchev–Trinajstić information content (AvgIpc) is 2.76. The summed E-state index contributed by atoms with van der Waals surface area (Å²) in [5.74, 6) is 0.210. The fraction of sp³-hybridized carbons (Fsp3) is 0.105. The number of anilines is 4. The summed E-state index contributed by atoms with van der Waals surface area (Å²) in [5.41, 5.74) is 3.14. The molecule has 0 bridgehead atoms. The van der Waals surface area contributed by atoms with Crippen LogP contribution in [0.5, 0.6) is 5.75 Å². The van der Waals surface area contributed by atoms with Crippen LogP contribution in [-0.2, 0) is 4.84 Å². The predicted molar refractivity (Wildman–Crippen MR) is 114 cm³/mol. The SMILES string of the molecule is CONC(=O)c1ccccc1Nc1nc(Nc2cc([N+](=O)[O-])ccc2OC)ncc1Cl. The molecule has 2 aromatic carbocycles. The Morgan fingerprint density at radius 3 is 2.61 bits per heavy atom. The molecule has 0 fully saturated rings. The van der Waals surface area contributed by atoms with Gasteiger partial charge in [0.05, 0.1) is 42.3 Å². The number of hydrogen-bond donors (Lipinski definition) is 3. The van der Waals surface area contributed by atoms with Crippen LogP contribution in [0.25, 0.3) is 0 Å². The van der Waals surface area contributed by atoms with E-state index in [1.165, 1.54) is 38.6 Å². The molecule has 31 heavy (non-hydrogen) atoms. The van der Waals surface area contributed by atoms with Gasteiger partial charge in [-0.05, 0) is 18.2 Å². The Kier molecular flexibility index (Phi) is 6.80. The van der Waals surface area contributed by atoms with Crippen LogP contribution < -0.4 is 20.9 Å². The van der Waals surface area contributed by atoms with E-state index in [2.05, 4.69) is 30.9 Å². The topological polar surface area (TPSA) is 141 Å². The predicted octanol–water partition coefficient (Wildman–Crippen LogP) is 3.83. The van der Waals surface area contributed by atoms with E-state index in [9.17, 15) is 14.9 Å². The number of hydroxylamine groups is 1. The molecule has 11 nitrogen and oxygen atoms in total. The zero-order valence-electron chi connectivity index (χ0n) is 16.4. The summed E-state index contributed by atoms with van der Waals surface area (Å²) in [7, 11) is 2.76. The molecule has 0 radical (unpaired) electrons. The minimum absolute atomic E-state index is 0.101. The van der Waals surface area contributed by atoms with E-state index in [1.54, 1.807) is 24.3 Å². The highest BCUT2D eigenvalue weighted by atomic mass is 35.5. The lowest BCUT2D eigenvalue weighted by Gasteiger charge is -2.14. The van der Waals surface area contributed by atoms with Gasteiger partial charge in [-0.1, -0.05) is 23.7 Å². The highest BCUT2D eigenvalue weighted by molar-refractivity contribution is 6.33. The van der Waals surface area contributed by atoms with Crippen molar-refractivity contribution in [1.29, 1.82) is 0 Å². The van der Waals surface area contributed by atoms with Crippen LogP contribution >= 0.6 is 11.6 Å². The highest BCUT2D eigenvalue weighted by Crippen LogP contribution is 2.32. The summed E-state index contributed by atoms with van der Waals surface area (Å²) in [4.78, 5) is 35.8. The summed E-state index contributed by atoms with van der Waals surface area (Å²) in [6, 6.07) is 10.8. The number of carbonyl (C=O) groups excluding carboxylic acids is 1. The van der Waals surface area contributed by atoms with Crippen molar-refractivity contribution in [3.05, 3.63) is 69.4 Å². The van der Waals surface area contributed by atoms with Crippen LogP contribution in [0.15, 0.2) is 48.7 Å². The van der Waals surface area contributed by atoms with Gasteiger partial charge in [-0.15, -0.1) is 0 Å². The number of amides is 1. The van der Waals surface area contributed by atoms with E-state index in [0.29, 0.717) is 22.7 Å². The van der Waals surface area contributed by atoms with Crippen molar-refractivity contribution in [2.75, 3.05) is 24.9 Å². The Hall–Kier alpha value is -3.96. The fourth-order valence-corrected chi connectivity index (χ4v) is 2.75. The number of non-ortho nitro benzene ring substituents is 1. The molecular weight excluding hydrogens is 428 g/mol. The Morgan fingerprint density at radius 1 is 1.13 bits per heavy atom. The minimum atomic E-state index is -0.525. The Labute approximate surface area is 181 Å². The zero-order chi connectivity index (χ0) is 22.4. The number of nitro benzene ring substituents is 1. The van der Waals surface area contributed by atoms with E-state index < -0.39 is 10.8 Å². The maximum Gasteiger partial charge on any atom is 0.276 e. The molecule has 0 saturated heterocycles. The summed E-state index contributed by atoms with van der Waals surface area (Å²) >= 11 is 6.21. The number of rotatable bonds is 8. The number of benzene rings is 2. The lowest BCUT2D eigenvalue weighted by atomic mass is 10.1. The third-order valence-corrected chi connectivity index (χ3v) is 4.28. The second-order valence-electron chi connectivity index (χ2n) is 5.96. The number of nitrogens with one attached hydrogen (secondary N) is 3. The van der Waals surface area contributed by atoms with Gasteiger partial charge < -0.3 is 15.4 Å². The Bertz CT molecular complexity index is 1130. The summed E-state index contributed by atoms with van der Waals surface area (Å²) in [6.45, 7) is 0. The van der Waals surface area contributed by atoms with E-state index in [0.717, 1.165) is 0 Å². The van der Waals surface area contributed by atoms with Gasteiger partial charge in [-0.3, -0.25) is 19.7 Å². The zero-order valence-corrected chi connectivity index (χ0v) is 17.1. The van der Waals surface area contributed by atoms with Crippen LogP contribution in [0.2, 0.25) is 5.02 Å². The molecule has 0 unspecified atom stereocenters. The van der Waals surface area contributed by atoms with Crippen molar-refractivity contribution in [2.45, 2.75) is 0 Å². The largest absolute Gasteiger partial charge is 0.495 e. The molecule has 0 aliphatic carbocycles. The molecule has 1 heterocycles. The van der Waals surface area contributed by atoms with Crippen LogP contribution in [0, 0.1) is 10.1 Å². The first kappa shape index (κ1) is 21.7. The third-order valence-electron chi connectivity index (χ3n) is 4.00. The molecule has 0 aliphatic heterocycles. The Balaban J connectivity index is 1.92. The molecule has 3 aromatic rings. The molecule has 0 spiro atoms. The standard InChI is InChI=1S/C19H17ClN6O5/c1-30-16-8-7-11(26(28)29)9-15(16)23-19-21-10-13(20)17(24-19)22-14-6-4-3-5-12(14)18(27)25-31-2/h3-10H,1-2H3,(H,25,27)(H2,21,22,23,24). The first-order valence-corrected chi connectivity index (χ1v) is 9.12. The number of hydrogen-bond acceptors (Lipinski definition) is 9. The second-order valence-corrected chi connectivity index (χ2v) is 6.37. The van der Waals surface area contributed by atoms with Gasteiger partial charge in [0.25, 0.3) is 11.6 Å². The van der Waals surface area contributed by atoms with E-state index in [-0.39, 0.29) is 22.5 Å². The summed E-state index contributed by atoms with van der Waals surface area (Å²) < 4.78 is 5.23. The molecular formula is C19H17ClN6O5. The monoisotopic (exact) mass is 444 g/mol. The van der Waals surface area contributed by atoms with Crippen LogP contribution in [-0.4, -0.2) is 35.0 Å². The molecule has 12 heteroatoms. The first-order chi connectivity index (χ1) is 14.9. The number of methoxy groups -OCH3 is 1. The third kappa shape index (κ3) is 5.15. The molecule has 1 aromatic heterocycles. The minimum Gasteiger partial charge on any atom is -0.495 e. The van der Waals surface area contributed by atoms with Crippen molar-refractivity contribution in [3.8, 4) is 5.75 Å². The normalized spacial score (nSPS) is 10.3. The lowest BCUT2D eigenvalue weighted by Crippen LogP contribution is -2.22. The molecule has 0 aliphatic rings. The Morgan fingerprint density at radius 2 is 1.90 bits per heavy atom. The molecule has 1 amide bonds. The molecule has 3 N–H and O–H groups in total. The van der Waals surface area contributed by atoms with Crippen molar-refractivity contribution in [1.82, 2.24) is 15.4 Å². The number of nitro groups is 1. The van der Waals surface area contributed by atoms with Gasteiger partial charge in [0.15, 0.2) is 5.82 Å². The van der Waals surface area contributed by atoms with E-state index in [1.807, 2.05) is 0 Å². The van der Waals surface area contributed by atoms with Crippen molar-refractivity contribution in [2.24, 2.45) is 0 Å². The van der Waals surface area contributed by atoms with Gasteiger partial charge in [0.1, 0.15) is 10.8 Å². The number of carbonyl (C=O) groups is 1. The van der Waals surface area contributed by atoms with Crippen LogP contribution in [0.4, 0.5) is 28.8 Å². The second kappa shape index (κ2) is 9.69. The van der Waals surface area contributed by atoms with Gasteiger partial charge in [0.2, 0.25) is 5.95 Å². The number of aromatic nitrogens is 2. The van der Waals surface area contributed by atoms with E-state index >= 15 is 0 Å². The highest BCUT2D eigenvalue weighted by Gasteiger charge is 2.15. The maximum atomic E-state index is 12.2. The molecule has 3 rings (SSSR count). The smallest absolute Gasteiger partial charge is 0.276 e. The number of halogens is 1. The maximum absolute atomic E-state index is 12.2. The number of para-hydroxylation sites is 1. The van der Waals surface area contributed by atoms with Crippen molar-refractivity contribution in [3.63, 3.8) is 0 Å². The summed E-state index contributed by atoms with van der Waals surface area (Å²) in [6.07, 6.45) is 1.35. The molecule has 0 saturated carbocycles. The van der Waals surface area contributed by atoms with Crippen LogP contribution in [0.3, 0.4) is 0 Å². The van der Waals surface area contributed by atoms with Gasteiger partial charge in [-0.2, -0.15) is 4.98 Å².